The molecule has 0 atom stereocenters. The highest BCUT2D eigenvalue weighted by atomic mass is 32.2. The highest BCUT2D eigenvalue weighted by Crippen LogP contribution is 2.45. The Hall–Kier alpha value is -1.14. The molecule has 0 unspecified atom stereocenters. The van der Waals surface area contributed by atoms with Gasteiger partial charge in [0.2, 0.25) is 0 Å². The van der Waals surface area contributed by atoms with Crippen molar-refractivity contribution in [3.8, 4) is 0 Å². The van der Waals surface area contributed by atoms with E-state index in [4.69, 9.17) is 0 Å². The second kappa shape index (κ2) is 8.11. The molecule has 0 radical (unpaired) electrons. The number of benzene rings is 1. The maximum absolute atomic E-state index is 12.1. The number of amides is 2. The average molecular weight is 351 g/mol. The summed E-state index contributed by atoms with van der Waals surface area (Å²) in [4.78, 5) is 24.1. The summed E-state index contributed by atoms with van der Waals surface area (Å²) in [5.41, 5.74) is 1.89. The van der Waals surface area contributed by atoms with Crippen LogP contribution >= 0.6 is 23.5 Å². The van der Waals surface area contributed by atoms with Crippen LogP contribution in [-0.2, 0) is 9.59 Å². The normalized spacial score (nSPS) is 19.5. The summed E-state index contributed by atoms with van der Waals surface area (Å²) in [6.45, 7) is 0. The predicted molar refractivity (Wildman–Crippen MR) is 97.7 cm³/mol. The molecular formula is C17H22N2O2S2. The van der Waals surface area contributed by atoms with Crippen molar-refractivity contribution >= 4 is 41.0 Å². The van der Waals surface area contributed by atoms with Crippen molar-refractivity contribution in [1.82, 2.24) is 5.32 Å². The molecule has 2 fully saturated rings. The smallest absolute Gasteiger partial charge is 0.313 e. The molecule has 1 aliphatic heterocycles. The number of carbonyl (C=O) groups excluding carboxylic acids is 2. The van der Waals surface area contributed by atoms with Crippen molar-refractivity contribution in [2.75, 3.05) is 16.8 Å². The van der Waals surface area contributed by atoms with E-state index < -0.39 is 11.8 Å². The molecule has 4 nitrogen and oxygen atoms in total. The minimum Gasteiger partial charge on any atom is -0.345 e. The minimum atomic E-state index is -0.570. The summed E-state index contributed by atoms with van der Waals surface area (Å²) in [5.74, 6) is 1.23. The van der Waals surface area contributed by atoms with Gasteiger partial charge >= 0.3 is 11.8 Å². The SMILES string of the molecule is O=C(Nc1cccc(C2SCCS2)c1)C(=O)NC1CCCCC1. The van der Waals surface area contributed by atoms with E-state index in [0.717, 1.165) is 37.2 Å². The summed E-state index contributed by atoms with van der Waals surface area (Å²) < 4.78 is 0.433. The average Bonchev–Trinajstić information content (AvgIpc) is 3.10. The molecule has 23 heavy (non-hydrogen) atoms. The van der Waals surface area contributed by atoms with E-state index in [1.807, 2.05) is 41.7 Å². The summed E-state index contributed by atoms with van der Waals surface area (Å²) in [6.07, 6.45) is 5.44. The first-order valence-electron chi connectivity index (χ1n) is 8.17. The molecule has 2 aliphatic rings. The Bertz CT molecular complexity index is 567. The highest BCUT2D eigenvalue weighted by molar-refractivity contribution is 8.19. The van der Waals surface area contributed by atoms with E-state index in [-0.39, 0.29) is 6.04 Å². The van der Waals surface area contributed by atoms with E-state index in [9.17, 15) is 9.59 Å². The van der Waals surface area contributed by atoms with Crippen LogP contribution in [0.2, 0.25) is 0 Å². The van der Waals surface area contributed by atoms with Crippen molar-refractivity contribution in [1.29, 1.82) is 0 Å². The van der Waals surface area contributed by atoms with Gasteiger partial charge < -0.3 is 10.6 Å². The van der Waals surface area contributed by atoms with Crippen LogP contribution in [0, 0.1) is 0 Å². The van der Waals surface area contributed by atoms with E-state index >= 15 is 0 Å². The molecule has 3 rings (SSSR count). The van der Waals surface area contributed by atoms with Crippen LogP contribution in [0.15, 0.2) is 24.3 Å². The molecule has 1 saturated carbocycles. The third kappa shape index (κ3) is 4.67. The molecule has 1 saturated heterocycles. The van der Waals surface area contributed by atoms with Gasteiger partial charge in [0.05, 0.1) is 4.58 Å². The van der Waals surface area contributed by atoms with Gasteiger partial charge in [-0.1, -0.05) is 31.4 Å². The monoisotopic (exact) mass is 350 g/mol. The lowest BCUT2D eigenvalue weighted by Crippen LogP contribution is -2.42. The Kier molecular flexibility index (Phi) is 5.89. The van der Waals surface area contributed by atoms with Crippen LogP contribution in [-0.4, -0.2) is 29.4 Å². The lowest BCUT2D eigenvalue weighted by Gasteiger charge is -2.22. The van der Waals surface area contributed by atoms with Gasteiger partial charge in [0.15, 0.2) is 0 Å². The van der Waals surface area contributed by atoms with Crippen LogP contribution in [0.5, 0.6) is 0 Å². The van der Waals surface area contributed by atoms with E-state index in [2.05, 4.69) is 16.7 Å². The molecule has 6 heteroatoms. The molecule has 0 aromatic heterocycles. The molecule has 1 aliphatic carbocycles. The van der Waals surface area contributed by atoms with Crippen molar-refractivity contribution in [3.63, 3.8) is 0 Å². The first-order chi connectivity index (χ1) is 11.2. The van der Waals surface area contributed by atoms with E-state index in [1.165, 1.54) is 12.0 Å². The van der Waals surface area contributed by atoms with Crippen LogP contribution in [0.25, 0.3) is 0 Å². The molecule has 0 spiro atoms. The van der Waals surface area contributed by atoms with Crippen LogP contribution in [0.1, 0.15) is 42.2 Å². The minimum absolute atomic E-state index is 0.152. The van der Waals surface area contributed by atoms with Crippen molar-refractivity contribution < 1.29 is 9.59 Å². The lowest BCUT2D eigenvalue weighted by molar-refractivity contribution is -0.136. The number of thioether (sulfide) groups is 2. The number of anilines is 1. The molecule has 1 aromatic rings. The van der Waals surface area contributed by atoms with Gasteiger partial charge in [-0.2, -0.15) is 0 Å². The molecule has 1 aromatic carbocycles. The third-order valence-electron chi connectivity index (χ3n) is 4.19. The largest absolute Gasteiger partial charge is 0.345 e. The van der Waals surface area contributed by atoms with Crippen LogP contribution in [0.3, 0.4) is 0 Å². The van der Waals surface area contributed by atoms with Crippen LogP contribution < -0.4 is 10.6 Å². The molecule has 2 amide bonds. The summed E-state index contributed by atoms with van der Waals surface area (Å²) >= 11 is 3.85. The zero-order chi connectivity index (χ0) is 16.1. The predicted octanol–water partition coefficient (Wildman–Crippen LogP) is 3.55. The van der Waals surface area contributed by atoms with Crippen LogP contribution in [0.4, 0.5) is 5.69 Å². The van der Waals surface area contributed by atoms with Gasteiger partial charge in [0.25, 0.3) is 0 Å². The number of rotatable bonds is 3. The first kappa shape index (κ1) is 16.7. The molecule has 1 heterocycles. The Morgan fingerprint density at radius 3 is 2.48 bits per heavy atom. The van der Waals surface area contributed by atoms with Crippen molar-refractivity contribution in [2.24, 2.45) is 0 Å². The zero-order valence-corrected chi connectivity index (χ0v) is 14.7. The quantitative estimate of drug-likeness (QED) is 0.819. The van der Waals surface area contributed by atoms with E-state index in [0.29, 0.717) is 10.3 Å². The standard InChI is InChI=1S/C17H22N2O2S2/c20-15(18-13-6-2-1-3-7-13)16(21)19-14-8-4-5-12(11-14)17-22-9-10-23-17/h4-5,8,11,13,17H,1-3,6-7,9-10H2,(H,18,20)(H,19,21). The topological polar surface area (TPSA) is 58.2 Å². The number of hydrogen-bond acceptors (Lipinski definition) is 4. The molecule has 2 N–H and O–H groups in total. The summed E-state index contributed by atoms with van der Waals surface area (Å²) in [7, 11) is 0. The molecule has 124 valence electrons. The Balaban J connectivity index is 1.56. The fourth-order valence-corrected chi connectivity index (χ4v) is 5.84. The lowest BCUT2D eigenvalue weighted by atomic mass is 9.95. The van der Waals surface area contributed by atoms with Gasteiger partial charge in [0, 0.05) is 23.2 Å². The fourth-order valence-electron chi connectivity index (χ4n) is 3.00. The van der Waals surface area contributed by atoms with Crippen molar-refractivity contribution in [2.45, 2.75) is 42.7 Å². The van der Waals surface area contributed by atoms with Gasteiger partial charge in [-0.15, -0.1) is 23.5 Å². The highest BCUT2D eigenvalue weighted by Gasteiger charge is 2.21. The Morgan fingerprint density at radius 2 is 1.74 bits per heavy atom. The molecular weight excluding hydrogens is 328 g/mol. The molecule has 0 bridgehead atoms. The van der Waals surface area contributed by atoms with Gasteiger partial charge in [-0.05, 0) is 30.5 Å². The van der Waals surface area contributed by atoms with Crippen molar-refractivity contribution in [3.05, 3.63) is 29.8 Å². The van der Waals surface area contributed by atoms with Gasteiger partial charge in [-0.3, -0.25) is 9.59 Å². The van der Waals surface area contributed by atoms with E-state index in [1.54, 1.807) is 0 Å². The zero-order valence-electron chi connectivity index (χ0n) is 13.0. The number of nitrogens with one attached hydrogen (secondary N) is 2. The van der Waals surface area contributed by atoms with Gasteiger partial charge in [0.1, 0.15) is 0 Å². The third-order valence-corrected chi connectivity index (χ3v) is 7.29. The second-order valence-corrected chi connectivity index (χ2v) is 8.69. The fraction of sp³-hybridized carbons (Fsp3) is 0.529. The summed E-state index contributed by atoms with van der Waals surface area (Å²) in [6, 6.07) is 7.97. The second-order valence-electron chi connectivity index (χ2n) is 5.96. The summed E-state index contributed by atoms with van der Waals surface area (Å²) in [5, 5.41) is 5.58. The maximum atomic E-state index is 12.1. The maximum Gasteiger partial charge on any atom is 0.313 e. The first-order valence-corrected chi connectivity index (χ1v) is 10.3. The number of hydrogen-bond donors (Lipinski definition) is 2. The Morgan fingerprint density at radius 1 is 1.00 bits per heavy atom. The number of carbonyl (C=O) groups is 2. The van der Waals surface area contributed by atoms with Gasteiger partial charge in [-0.25, -0.2) is 0 Å². The Labute approximate surface area is 145 Å².